The van der Waals surface area contributed by atoms with Crippen LogP contribution in [0.3, 0.4) is 0 Å². The first-order valence-corrected chi connectivity index (χ1v) is 7.03. The number of carbonyl (C=O) groups excluding carboxylic acids is 1. The van der Waals surface area contributed by atoms with Gasteiger partial charge < -0.3 is 20.6 Å². The van der Waals surface area contributed by atoms with Gasteiger partial charge in [0, 0.05) is 6.04 Å². The van der Waals surface area contributed by atoms with Gasteiger partial charge in [-0.25, -0.2) is 4.79 Å². The average molecular weight is 273 g/mol. The molecule has 2 atom stereocenters. The first kappa shape index (κ1) is 18.2. The quantitative estimate of drug-likeness (QED) is 0.657. The van der Waals surface area contributed by atoms with Gasteiger partial charge in [0.15, 0.2) is 0 Å². The van der Waals surface area contributed by atoms with E-state index in [0.29, 0.717) is 0 Å². The van der Waals surface area contributed by atoms with Crippen LogP contribution in [0.5, 0.6) is 0 Å². The van der Waals surface area contributed by atoms with Gasteiger partial charge >= 0.3 is 6.03 Å². The molecule has 114 valence electrons. The van der Waals surface area contributed by atoms with E-state index in [0.717, 1.165) is 19.4 Å². The Morgan fingerprint density at radius 1 is 1.26 bits per heavy atom. The number of amides is 2. The number of carbonyl (C=O) groups is 1. The molecule has 0 fully saturated rings. The van der Waals surface area contributed by atoms with Crippen molar-refractivity contribution >= 4 is 6.03 Å². The number of hydrogen-bond donors (Lipinski definition) is 3. The fourth-order valence-corrected chi connectivity index (χ4v) is 1.77. The van der Waals surface area contributed by atoms with Crippen molar-refractivity contribution in [3.8, 4) is 0 Å². The fourth-order valence-electron chi connectivity index (χ4n) is 1.77. The van der Waals surface area contributed by atoms with E-state index in [1.54, 1.807) is 0 Å². The van der Waals surface area contributed by atoms with Crippen LogP contribution >= 0.6 is 0 Å². The molecule has 2 amide bonds. The van der Waals surface area contributed by atoms with Crippen molar-refractivity contribution < 1.29 is 9.90 Å². The Morgan fingerprint density at radius 2 is 1.84 bits per heavy atom. The Labute approximate surface area is 117 Å². The predicted octanol–water partition coefficient (Wildman–Crippen LogP) is 1.42. The first-order chi connectivity index (χ1) is 8.70. The molecule has 3 N–H and O–H groups in total. The molecule has 0 aromatic rings. The van der Waals surface area contributed by atoms with Crippen molar-refractivity contribution in [3.63, 3.8) is 0 Å². The van der Waals surface area contributed by atoms with Crippen molar-refractivity contribution in [2.45, 2.75) is 52.6 Å². The van der Waals surface area contributed by atoms with E-state index in [4.69, 9.17) is 5.11 Å². The maximum absolute atomic E-state index is 11.9. The number of urea groups is 1. The Kier molecular flexibility index (Phi) is 8.02. The highest BCUT2D eigenvalue weighted by Crippen LogP contribution is 2.21. The molecule has 0 aliphatic heterocycles. The summed E-state index contributed by atoms with van der Waals surface area (Å²) in [5.74, 6) is 0. The Bertz CT molecular complexity index is 258. The smallest absolute Gasteiger partial charge is 0.315 e. The molecule has 5 heteroatoms. The molecule has 0 saturated heterocycles. The van der Waals surface area contributed by atoms with Crippen LogP contribution in [-0.2, 0) is 0 Å². The molecule has 0 radical (unpaired) electrons. The average Bonchev–Trinajstić information content (AvgIpc) is 2.29. The molecular formula is C14H31N3O2. The fraction of sp³-hybridized carbons (Fsp3) is 0.929. The Morgan fingerprint density at radius 3 is 2.21 bits per heavy atom. The number of nitrogens with one attached hydrogen (secondary N) is 2. The summed E-state index contributed by atoms with van der Waals surface area (Å²) in [5.41, 5.74) is 0.00821. The second-order valence-electron chi connectivity index (χ2n) is 6.42. The Hall–Kier alpha value is -0.810. The lowest BCUT2D eigenvalue weighted by Gasteiger charge is -2.33. The minimum atomic E-state index is -0.195. The minimum absolute atomic E-state index is 0.00821. The molecule has 0 rings (SSSR count). The van der Waals surface area contributed by atoms with E-state index < -0.39 is 0 Å². The highest BCUT2D eigenvalue weighted by Gasteiger charge is 2.26. The molecule has 0 aromatic carbocycles. The lowest BCUT2D eigenvalue weighted by atomic mass is 9.84. The van der Waals surface area contributed by atoms with Crippen molar-refractivity contribution in [1.29, 1.82) is 0 Å². The largest absolute Gasteiger partial charge is 0.394 e. The standard InChI is InChI=1S/C14H31N3O2/c1-7-11(10-18)15-13(19)16-12(14(2,3)4)8-9-17(5)6/h11-12,18H,7-10H2,1-6H3,(H2,15,16,19). The summed E-state index contributed by atoms with van der Waals surface area (Å²) < 4.78 is 0. The van der Waals surface area contributed by atoms with Gasteiger partial charge in [-0.05, 0) is 38.9 Å². The molecule has 0 aliphatic carbocycles. The molecular weight excluding hydrogens is 242 g/mol. The summed E-state index contributed by atoms with van der Waals surface area (Å²) in [5, 5.41) is 14.9. The number of aliphatic hydroxyl groups excluding tert-OH is 1. The normalized spacial score (nSPS) is 15.2. The lowest BCUT2D eigenvalue weighted by molar-refractivity contribution is 0.193. The number of hydrogen-bond acceptors (Lipinski definition) is 3. The molecule has 0 spiro atoms. The summed E-state index contributed by atoms with van der Waals surface area (Å²) in [6.07, 6.45) is 1.63. The highest BCUT2D eigenvalue weighted by molar-refractivity contribution is 5.74. The van der Waals surface area contributed by atoms with Crippen LogP contribution in [-0.4, -0.2) is 55.4 Å². The third kappa shape index (κ3) is 8.06. The van der Waals surface area contributed by atoms with Gasteiger partial charge in [-0.15, -0.1) is 0 Å². The maximum Gasteiger partial charge on any atom is 0.315 e. The highest BCUT2D eigenvalue weighted by atomic mass is 16.3. The van der Waals surface area contributed by atoms with Crippen LogP contribution in [0.15, 0.2) is 0 Å². The number of rotatable bonds is 7. The van der Waals surface area contributed by atoms with Crippen LogP contribution in [0.1, 0.15) is 40.5 Å². The predicted molar refractivity (Wildman–Crippen MR) is 79.2 cm³/mol. The van der Waals surface area contributed by atoms with E-state index in [1.165, 1.54) is 0 Å². The van der Waals surface area contributed by atoms with Crippen LogP contribution < -0.4 is 10.6 Å². The van der Waals surface area contributed by atoms with Gasteiger partial charge in [-0.3, -0.25) is 0 Å². The second kappa shape index (κ2) is 8.38. The zero-order chi connectivity index (χ0) is 15.1. The van der Waals surface area contributed by atoms with Crippen LogP contribution in [0, 0.1) is 5.41 Å². The molecule has 0 aliphatic rings. The third-order valence-corrected chi connectivity index (χ3v) is 3.26. The van der Waals surface area contributed by atoms with Crippen LogP contribution in [0.2, 0.25) is 0 Å². The molecule has 0 saturated carbocycles. The molecule has 0 aromatic heterocycles. The van der Waals surface area contributed by atoms with Gasteiger partial charge in [0.25, 0.3) is 0 Å². The topological polar surface area (TPSA) is 64.6 Å². The van der Waals surface area contributed by atoms with Gasteiger partial charge in [0.1, 0.15) is 0 Å². The summed E-state index contributed by atoms with van der Waals surface area (Å²) in [6, 6.07) is -0.264. The van der Waals surface area contributed by atoms with Gasteiger partial charge in [-0.1, -0.05) is 27.7 Å². The molecule has 5 nitrogen and oxygen atoms in total. The third-order valence-electron chi connectivity index (χ3n) is 3.26. The summed E-state index contributed by atoms with van der Waals surface area (Å²) >= 11 is 0. The summed E-state index contributed by atoms with van der Waals surface area (Å²) in [6.45, 7) is 9.21. The van der Waals surface area contributed by atoms with E-state index in [2.05, 4.69) is 36.3 Å². The molecule has 0 bridgehead atoms. The lowest BCUT2D eigenvalue weighted by Crippen LogP contribution is -2.51. The van der Waals surface area contributed by atoms with E-state index in [9.17, 15) is 4.79 Å². The second-order valence-corrected chi connectivity index (χ2v) is 6.42. The van der Waals surface area contributed by atoms with Crippen LogP contribution in [0.4, 0.5) is 4.79 Å². The summed E-state index contributed by atoms with van der Waals surface area (Å²) in [4.78, 5) is 14.0. The molecule has 0 heterocycles. The van der Waals surface area contributed by atoms with Crippen molar-refractivity contribution in [1.82, 2.24) is 15.5 Å². The number of nitrogens with zero attached hydrogens (tertiary/aromatic N) is 1. The number of aliphatic hydroxyl groups is 1. The monoisotopic (exact) mass is 273 g/mol. The summed E-state index contributed by atoms with van der Waals surface area (Å²) in [7, 11) is 4.05. The van der Waals surface area contributed by atoms with Gasteiger partial charge in [0.2, 0.25) is 0 Å². The Balaban J connectivity index is 4.43. The van der Waals surface area contributed by atoms with Crippen molar-refractivity contribution in [2.24, 2.45) is 5.41 Å². The minimum Gasteiger partial charge on any atom is -0.394 e. The first-order valence-electron chi connectivity index (χ1n) is 7.03. The van der Waals surface area contributed by atoms with Crippen molar-refractivity contribution in [2.75, 3.05) is 27.2 Å². The zero-order valence-electron chi connectivity index (χ0n) is 13.3. The van der Waals surface area contributed by atoms with Gasteiger partial charge in [-0.2, -0.15) is 0 Å². The van der Waals surface area contributed by atoms with E-state index >= 15 is 0 Å². The maximum atomic E-state index is 11.9. The van der Waals surface area contributed by atoms with E-state index in [-0.39, 0.29) is 30.1 Å². The van der Waals surface area contributed by atoms with Gasteiger partial charge in [0.05, 0.1) is 12.6 Å². The molecule has 2 unspecified atom stereocenters. The van der Waals surface area contributed by atoms with Crippen LogP contribution in [0.25, 0.3) is 0 Å². The SMILES string of the molecule is CCC(CO)NC(=O)NC(CCN(C)C)C(C)(C)C. The zero-order valence-corrected chi connectivity index (χ0v) is 13.3. The molecule has 19 heavy (non-hydrogen) atoms. The van der Waals surface area contributed by atoms with Crippen molar-refractivity contribution in [3.05, 3.63) is 0 Å². The van der Waals surface area contributed by atoms with E-state index in [1.807, 2.05) is 21.0 Å².